The molecule has 6 N–H and O–H groups in total. The Morgan fingerprint density at radius 1 is 0.423 bits per heavy atom. The van der Waals surface area contributed by atoms with Gasteiger partial charge in [-0.1, -0.05) is 78.1 Å². The SMILES string of the molecule is CCCCCCCCOC(=O)NC(CCCCNC(=O)OCCCCOC(=O)NCCCCC(NC(=O)OCCCCCCCC)C(=O)O)C(=O)O. The summed E-state index contributed by atoms with van der Waals surface area (Å²) in [7, 11) is 0. The van der Waals surface area contributed by atoms with Crippen LogP contribution in [0.2, 0.25) is 0 Å². The number of hydrogen-bond donors (Lipinski definition) is 6. The maximum absolute atomic E-state index is 11.9. The average Bonchev–Trinajstić information content (AvgIpc) is 3.10. The molecule has 4 amide bonds. The predicted octanol–water partition coefficient (Wildman–Crippen LogP) is 6.64. The van der Waals surface area contributed by atoms with Crippen molar-refractivity contribution >= 4 is 36.3 Å². The molecule has 16 nitrogen and oxygen atoms in total. The molecule has 0 saturated carbocycles. The number of carbonyl (C=O) groups is 6. The quantitative estimate of drug-likeness (QED) is 0.0307. The molecule has 2 atom stereocenters. The normalized spacial score (nSPS) is 11.8. The second-order valence-corrected chi connectivity index (χ2v) is 12.7. The van der Waals surface area contributed by atoms with Crippen molar-refractivity contribution < 1.29 is 57.9 Å². The van der Waals surface area contributed by atoms with Gasteiger partial charge in [-0.3, -0.25) is 0 Å². The van der Waals surface area contributed by atoms with Gasteiger partial charge in [0, 0.05) is 13.1 Å². The number of aliphatic carboxylic acids is 2. The van der Waals surface area contributed by atoms with E-state index in [1.165, 1.54) is 12.8 Å². The van der Waals surface area contributed by atoms with Crippen LogP contribution in [0.15, 0.2) is 0 Å². The highest BCUT2D eigenvalue weighted by atomic mass is 16.6. The van der Waals surface area contributed by atoms with Crippen molar-refractivity contribution in [3.05, 3.63) is 0 Å². The molecule has 0 aromatic carbocycles. The number of rotatable bonds is 33. The molecule has 0 radical (unpaired) electrons. The lowest BCUT2D eigenvalue weighted by Crippen LogP contribution is -2.41. The molecule has 0 heterocycles. The molecular formula is C36H66N4O12. The van der Waals surface area contributed by atoms with Crippen molar-refractivity contribution in [3.63, 3.8) is 0 Å². The fourth-order valence-electron chi connectivity index (χ4n) is 4.94. The van der Waals surface area contributed by atoms with Crippen LogP contribution in [0.25, 0.3) is 0 Å². The third kappa shape index (κ3) is 30.8. The predicted molar refractivity (Wildman–Crippen MR) is 194 cm³/mol. The van der Waals surface area contributed by atoms with Crippen molar-refractivity contribution in [2.75, 3.05) is 39.5 Å². The van der Waals surface area contributed by atoms with Gasteiger partial charge in [0.1, 0.15) is 12.1 Å². The topological polar surface area (TPSA) is 228 Å². The summed E-state index contributed by atoms with van der Waals surface area (Å²) in [5.41, 5.74) is 0. The Balaban J connectivity index is 3.83. The number of amides is 4. The van der Waals surface area contributed by atoms with Gasteiger partial charge in [0.15, 0.2) is 0 Å². The van der Waals surface area contributed by atoms with Crippen LogP contribution in [-0.2, 0) is 28.5 Å². The van der Waals surface area contributed by atoms with E-state index < -0.39 is 48.4 Å². The van der Waals surface area contributed by atoms with Gasteiger partial charge < -0.3 is 50.4 Å². The summed E-state index contributed by atoms with van der Waals surface area (Å²) in [4.78, 5) is 70.5. The van der Waals surface area contributed by atoms with Crippen LogP contribution >= 0.6 is 0 Å². The molecule has 0 fully saturated rings. The smallest absolute Gasteiger partial charge is 0.407 e. The molecule has 0 saturated heterocycles. The van der Waals surface area contributed by atoms with E-state index in [2.05, 4.69) is 35.1 Å². The van der Waals surface area contributed by atoms with Crippen molar-refractivity contribution in [1.82, 2.24) is 21.3 Å². The standard InChI is InChI=1S/C36H66N4O12/c1-3-5-7-9-11-17-25-51-35(47)39-29(31(41)42)21-13-15-23-37-33(45)49-27-19-20-28-50-34(46)38-24-16-14-22-30(32(43)44)40-36(48)52-26-18-12-10-8-6-4-2/h29-30H,3-28H2,1-2H3,(H,37,45)(H,38,46)(H,39,47)(H,40,48)(H,41,42)(H,43,44). The molecule has 0 bridgehead atoms. The number of alkyl carbamates (subject to hydrolysis) is 4. The molecule has 0 spiro atoms. The van der Waals surface area contributed by atoms with Crippen molar-refractivity contribution in [3.8, 4) is 0 Å². The highest BCUT2D eigenvalue weighted by molar-refractivity contribution is 5.80. The molecule has 52 heavy (non-hydrogen) atoms. The zero-order valence-electron chi connectivity index (χ0n) is 31.5. The van der Waals surface area contributed by atoms with E-state index in [1.807, 2.05) is 0 Å². The lowest BCUT2D eigenvalue weighted by atomic mass is 10.1. The van der Waals surface area contributed by atoms with E-state index in [0.717, 1.165) is 64.2 Å². The van der Waals surface area contributed by atoms with Crippen LogP contribution in [-0.4, -0.2) is 98.1 Å². The Morgan fingerprint density at radius 3 is 1.08 bits per heavy atom. The number of hydrogen-bond acceptors (Lipinski definition) is 10. The Hall–Kier alpha value is -3.98. The number of carbonyl (C=O) groups excluding carboxylic acids is 4. The molecule has 0 aliphatic heterocycles. The fourth-order valence-corrected chi connectivity index (χ4v) is 4.94. The van der Waals surface area contributed by atoms with E-state index >= 15 is 0 Å². The van der Waals surface area contributed by atoms with Gasteiger partial charge >= 0.3 is 36.3 Å². The molecular weight excluding hydrogens is 680 g/mol. The first-order chi connectivity index (χ1) is 25.1. The maximum atomic E-state index is 11.9. The third-order valence-corrected chi connectivity index (χ3v) is 8.03. The molecule has 302 valence electrons. The van der Waals surface area contributed by atoms with Gasteiger partial charge in [0.05, 0.1) is 26.4 Å². The zero-order valence-corrected chi connectivity index (χ0v) is 31.5. The van der Waals surface area contributed by atoms with Gasteiger partial charge in [-0.25, -0.2) is 28.8 Å². The van der Waals surface area contributed by atoms with E-state index in [-0.39, 0.29) is 52.4 Å². The van der Waals surface area contributed by atoms with Gasteiger partial charge in [-0.2, -0.15) is 0 Å². The summed E-state index contributed by atoms with van der Waals surface area (Å²) in [6.45, 7) is 5.57. The van der Waals surface area contributed by atoms with E-state index in [1.54, 1.807) is 0 Å². The molecule has 2 unspecified atom stereocenters. The molecule has 0 aromatic heterocycles. The minimum absolute atomic E-state index is 0.119. The number of unbranched alkanes of at least 4 members (excludes halogenated alkanes) is 13. The van der Waals surface area contributed by atoms with Crippen LogP contribution in [0.5, 0.6) is 0 Å². The van der Waals surface area contributed by atoms with Gasteiger partial charge in [0.2, 0.25) is 0 Å². The first-order valence-electron chi connectivity index (χ1n) is 19.2. The minimum Gasteiger partial charge on any atom is -0.480 e. The summed E-state index contributed by atoms with van der Waals surface area (Å²) in [5.74, 6) is -2.31. The van der Waals surface area contributed by atoms with E-state index in [4.69, 9.17) is 18.9 Å². The number of ether oxygens (including phenoxy) is 4. The first-order valence-corrected chi connectivity index (χ1v) is 19.2. The third-order valence-electron chi connectivity index (χ3n) is 8.03. The summed E-state index contributed by atoms with van der Waals surface area (Å²) >= 11 is 0. The first kappa shape index (κ1) is 48.0. The number of carboxylic acid groups (broad SMARTS) is 2. The van der Waals surface area contributed by atoms with Crippen LogP contribution < -0.4 is 21.3 Å². The van der Waals surface area contributed by atoms with Crippen molar-refractivity contribution in [2.45, 2.75) is 154 Å². The molecule has 0 aliphatic rings. The Morgan fingerprint density at radius 2 is 0.731 bits per heavy atom. The Bertz CT molecular complexity index is 909. The van der Waals surface area contributed by atoms with Crippen molar-refractivity contribution in [1.29, 1.82) is 0 Å². The Labute approximate surface area is 309 Å². The van der Waals surface area contributed by atoms with Crippen molar-refractivity contribution in [2.24, 2.45) is 0 Å². The minimum atomic E-state index is -1.15. The highest BCUT2D eigenvalue weighted by Gasteiger charge is 2.21. The fraction of sp³-hybridized carbons (Fsp3) is 0.833. The van der Waals surface area contributed by atoms with E-state index in [0.29, 0.717) is 38.5 Å². The highest BCUT2D eigenvalue weighted by Crippen LogP contribution is 2.07. The molecule has 0 rings (SSSR count). The average molecular weight is 747 g/mol. The van der Waals surface area contributed by atoms with E-state index in [9.17, 15) is 39.0 Å². The second-order valence-electron chi connectivity index (χ2n) is 12.7. The van der Waals surface area contributed by atoms with Gasteiger partial charge in [-0.15, -0.1) is 0 Å². The Kier molecular flexibility index (Phi) is 31.5. The molecule has 16 heteroatoms. The summed E-state index contributed by atoms with van der Waals surface area (Å²) in [6, 6.07) is -2.16. The van der Waals surface area contributed by atoms with Crippen LogP contribution in [0.4, 0.5) is 19.2 Å². The largest absolute Gasteiger partial charge is 0.480 e. The summed E-state index contributed by atoms with van der Waals surface area (Å²) in [5, 5.41) is 28.7. The second kappa shape index (κ2) is 34.1. The molecule has 0 aliphatic carbocycles. The van der Waals surface area contributed by atoms with Crippen LogP contribution in [0.1, 0.15) is 142 Å². The lowest BCUT2D eigenvalue weighted by molar-refractivity contribution is -0.140. The number of carboxylic acids is 2. The molecule has 0 aromatic rings. The lowest BCUT2D eigenvalue weighted by Gasteiger charge is -2.14. The van der Waals surface area contributed by atoms with Crippen LogP contribution in [0.3, 0.4) is 0 Å². The van der Waals surface area contributed by atoms with Gasteiger partial charge in [-0.05, 0) is 64.2 Å². The summed E-state index contributed by atoms with van der Waals surface area (Å²) in [6.07, 6.45) is 13.0. The maximum Gasteiger partial charge on any atom is 0.407 e. The van der Waals surface area contributed by atoms with Gasteiger partial charge in [0.25, 0.3) is 0 Å². The summed E-state index contributed by atoms with van der Waals surface area (Å²) < 4.78 is 20.3. The monoisotopic (exact) mass is 746 g/mol. The number of nitrogens with one attached hydrogen (secondary N) is 4. The van der Waals surface area contributed by atoms with Crippen LogP contribution in [0, 0.1) is 0 Å². The zero-order chi connectivity index (χ0) is 38.7.